The van der Waals surface area contributed by atoms with Crippen molar-refractivity contribution in [2.45, 2.75) is 25.4 Å². The molecule has 0 amide bonds. The summed E-state index contributed by atoms with van der Waals surface area (Å²) in [4.78, 5) is 0. The van der Waals surface area contributed by atoms with Gasteiger partial charge in [0.2, 0.25) is 0 Å². The van der Waals surface area contributed by atoms with E-state index in [0.29, 0.717) is 6.04 Å². The van der Waals surface area contributed by atoms with E-state index < -0.39 is 0 Å². The molecule has 1 aromatic rings. The number of benzene rings is 1. The molecule has 2 rings (SSSR count). The van der Waals surface area contributed by atoms with Crippen LogP contribution >= 0.6 is 0 Å². The molecule has 1 saturated heterocycles. The van der Waals surface area contributed by atoms with Crippen LogP contribution in [0.4, 0.5) is 5.69 Å². The van der Waals surface area contributed by atoms with Gasteiger partial charge in [0.15, 0.2) is 0 Å². The van der Waals surface area contributed by atoms with E-state index in [-0.39, 0.29) is 0 Å². The summed E-state index contributed by atoms with van der Waals surface area (Å²) >= 11 is 0. The van der Waals surface area contributed by atoms with Crippen molar-refractivity contribution in [3.8, 4) is 0 Å². The van der Waals surface area contributed by atoms with Gasteiger partial charge < -0.3 is 15.4 Å². The SMILES string of the molecule is CNc1cccc(CNC2CCOCC2)c1. The van der Waals surface area contributed by atoms with Gasteiger partial charge in [-0.05, 0) is 30.5 Å². The maximum absolute atomic E-state index is 5.34. The molecule has 3 nitrogen and oxygen atoms in total. The first-order valence-electron chi connectivity index (χ1n) is 5.96. The van der Waals surface area contributed by atoms with Gasteiger partial charge in [-0.2, -0.15) is 0 Å². The van der Waals surface area contributed by atoms with Crippen molar-refractivity contribution < 1.29 is 4.74 Å². The van der Waals surface area contributed by atoms with Crippen molar-refractivity contribution in [3.05, 3.63) is 29.8 Å². The highest BCUT2D eigenvalue weighted by molar-refractivity contribution is 5.44. The quantitative estimate of drug-likeness (QED) is 0.814. The largest absolute Gasteiger partial charge is 0.388 e. The smallest absolute Gasteiger partial charge is 0.0480 e. The minimum atomic E-state index is 0.618. The highest BCUT2D eigenvalue weighted by Gasteiger charge is 2.12. The number of hydrogen-bond acceptors (Lipinski definition) is 3. The van der Waals surface area contributed by atoms with Crippen LogP contribution in [0.5, 0.6) is 0 Å². The molecule has 0 aromatic heterocycles. The molecule has 0 bridgehead atoms. The van der Waals surface area contributed by atoms with Gasteiger partial charge in [0.05, 0.1) is 0 Å². The summed E-state index contributed by atoms with van der Waals surface area (Å²) in [6, 6.07) is 9.14. The van der Waals surface area contributed by atoms with Crippen LogP contribution in [0, 0.1) is 0 Å². The number of hydrogen-bond donors (Lipinski definition) is 2. The van der Waals surface area contributed by atoms with Gasteiger partial charge in [-0.1, -0.05) is 12.1 Å². The van der Waals surface area contributed by atoms with Gasteiger partial charge in [0, 0.05) is 38.5 Å². The summed E-state index contributed by atoms with van der Waals surface area (Å²) in [5.74, 6) is 0. The lowest BCUT2D eigenvalue weighted by Gasteiger charge is -2.23. The Morgan fingerprint density at radius 3 is 2.88 bits per heavy atom. The van der Waals surface area contributed by atoms with E-state index in [1.54, 1.807) is 0 Å². The van der Waals surface area contributed by atoms with E-state index in [1.807, 2.05) is 7.05 Å². The second kappa shape index (κ2) is 5.87. The highest BCUT2D eigenvalue weighted by atomic mass is 16.5. The second-order valence-electron chi connectivity index (χ2n) is 4.22. The molecule has 0 spiro atoms. The van der Waals surface area contributed by atoms with Gasteiger partial charge in [-0.3, -0.25) is 0 Å². The normalized spacial score (nSPS) is 17.3. The topological polar surface area (TPSA) is 33.3 Å². The molecule has 1 heterocycles. The van der Waals surface area contributed by atoms with E-state index in [0.717, 1.165) is 32.6 Å². The number of anilines is 1. The highest BCUT2D eigenvalue weighted by Crippen LogP contribution is 2.11. The molecule has 0 saturated carbocycles. The molecule has 0 radical (unpaired) electrons. The third-order valence-electron chi connectivity index (χ3n) is 3.03. The van der Waals surface area contributed by atoms with E-state index in [4.69, 9.17) is 4.74 Å². The zero-order chi connectivity index (χ0) is 11.2. The van der Waals surface area contributed by atoms with Gasteiger partial charge in [-0.25, -0.2) is 0 Å². The first-order valence-corrected chi connectivity index (χ1v) is 5.96. The monoisotopic (exact) mass is 220 g/mol. The molecule has 1 aliphatic rings. The Bertz CT molecular complexity index is 321. The predicted octanol–water partition coefficient (Wildman–Crippen LogP) is 2.00. The van der Waals surface area contributed by atoms with Crippen LogP contribution in [0.3, 0.4) is 0 Å². The molecular weight excluding hydrogens is 200 g/mol. The first-order chi connectivity index (χ1) is 7.88. The van der Waals surface area contributed by atoms with E-state index >= 15 is 0 Å². The molecule has 1 aliphatic heterocycles. The Morgan fingerprint density at radius 1 is 1.31 bits per heavy atom. The average molecular weight is 220 g/mol. The Labute approximate surface area is 97.2 Å². The van der Waals surface area contributed by atoms with Crippen LogP contribution in [0.1, 0.15) is 18.4 Å². The van der Waals surface area contributed by atoms with Crippen molar-refractivity contribution in [3.63, 3.8) is 0 Å². The molecule has 1 fully saturated rings. The first kappa shape index (κ1) is 11.4. The Balaban J connectivity index is 1.83. The lowest BCUT2D eigenvalue weighted by atomic mass is 10.1. The summed E-state index contributed by atoms with van der Waals surface area (Å²) in [6.07, 6.45) is 2.26. The minimum absolute atomic E-state index is 0.618. The minimum Gasteiger partial charge on any atom is -0.388 e. The third-order valence-corrected chi connectivity index (χ3v) is 3.03. The van der Waals surface area contributed by atoms with Gasteiger partial charge in [0.25, 0.3) is 0 Å². The zero-order valence-corrected chi connectivity index (χ0v) is 9.83. The van der Waals surface area contributed by atoms with Crippen LogP contribution < -0.4 is 10.6 Å². The van der Waals surface area contributed by atoms with E-state index in [2.05, 4.69) is 34.9 Å². The third kappa shape index (κ3) is 3.22. The van der Waals surface area contributed by atoms with Gasteiger partial charge in [-0.15, -0.1) is 0 Å². The van der Waals surface area contributed by atoms with Crippen molar-refractivity contribution in [2.24, 2.45) is 0 Å². The van der Waals surface area contributed by atoms with Crippen LogP contribution in [0.15, 0.2) is 24.3 Å². The molecule has 3 heteroatoms. The van der Waals surface area contributed by atoms with Gasteiger partial charge in [0.1, 0.15) is 0 Å². The van der Waals surface area contributed by atoms with Crippen LogP contribution in [0.25, 0.3) is 0 Å². The zero-order valence-electron chi connectivity index (χ0n) is 9.83. The summed E-state index contributed by atoms with van der Waals surface area (Å²) in [5, 5.41) is 6.74. The summed E-state index contributed by atoms with van der Waals surface area (Å²) in [6.45, 7) is 2.74. The van der Waals surface area contributed by atoms with Crippen molar-refractivity contribution in [1.82, 2.24) is 5.32 Å². The molecule has 16 heavy (non-hydrogen) atoms. The Morgan fingerprint density at radius 2 is 2.12 bits per heavy atom. The standard InChI is InChI=1S/C13H20N2O/c1-14-13-4-2-3-11(9-13)10-15-12-5-7-16-8-6-12/h2-4,9,12,14-15H,5-8,10H2,1H3. The molecule has 1 aromatic carbocycles. The lowest BCUT2D eigenvalue weighted by Crippen LogP contribution is -2.34. The van der Waals surface area contributed by atoms with Crippen molar-refractivity contribution in [1.29, 1.82) is 0 Å². The predicted molar refractivity (Wildman–Crippen MR) is 66.7 cm³/mol. The fourth-order valence-corrected chi connectivity index (χ4v) is 2.00. The Hall–Kier alpha value is -1.06. The second-order valence-corrected chi connectivity index (χ2v) is 4.22. The van der Waals surface area contributed by atoms with Crippen molar-refractivity contribution in [2.75, 3.05) is 25.6 Å². The molecule has 0 aliphatic carbocycles. The Kier molecular flexibility index (Phi) is 4.19. The van der Waals surface area contributed by atoms with E-state index in [1.165, 1.54) is 11.3 Å². The number of ether oxygens (including phenoxy) is 1. The fourth-order valence-electron chi connectivity index (χ4n) is 2.00. The molecule has 0 unspecified atom stereocenters. The maximum Gasteiger partial charge on any atom is 0.0480 e. The summed E-state index contributed by atoms with van der Waals surface area (Å²) in [5.41, 5.74) is 2.50. The van der Waals surface area contributed by atoms with Crippen LogP contribution in [-0.4, -0.2) is 26.3 Å². The summed E-state index contributed by atoms with van der Waals surface area (Å²) < 4.78 is 5.34. The molecule has 0 atom stereocenters. The average Bonchev–Trinajstić information content (AvgIpc) is 2.38. The van der Waals surface area contributed by atoms with Crippen LogP contribution in [0.2, 0.25) is 0 Å². The molecule has 2 N–H and O–H groups in total. The molecular formula is C13H20N2O. The lowest BCUT2D eigenvalue weighted by molar-refractivity contribution is 0.0776. The summed E-state index contributed by atoms with van der Waals surface area (Å²) in [7, 11) is 1.95. The van der Waals surface area contributed by atoms with Crippen LogP contribution in [-0.2, 0) is 11.3 Å². The van der Waals surface area contributed by atoms with Gasteiger partial charge >= 0.3 is 0 Å². The van der Waals surface area contributed by atoms with Crippen molar-refractivity contribution >= 4 is 5.69 Å². The number of nitrogens with one attached hydrogen (secondary N) is 2. The molecule has 88 valence electrons. The number of rotatable bonds is 4. The maximum atomic E-state index is 5.34. The van der Waals surface area contributed by atoms with E-state index in [9.17, 15) is 0 Å². The fraction of sp³-hybridized carbons (Fsp3) is 0.538.